The summed E-state index contributed by atoms with van der Waals surface area (Å²) in [5.74, 6) is 0.822. The van der Waals surface area contributed by atoms with E-state index in [0.717, 1.165) is 47.6 Å². The summed E-state index contributed by atoms with van der Waals surface area (Å²) in [6, 6.07) is 0. The zero-order valence-electron chi connectivity index (χ0n) is 12.1. The average Bonchev–Trinajstić information content (AvgIpc) is 2.92. The van der Waals surface area contributed by atoms with E-state index in [1.165, 1.54) is 12.8 Å². The van der Waals surface area contributed by atoms with Crippen LogP contribution in [0.15, 0.2) is 0 Å². The van der Waals surface area contributed by atoms with Crippen molar-refractivity contribution in [3.05, 3.63) is 10.6 Å². The molecule has 1 aromatic rings. The molecule has 0 amide bonds. The fourth-order valence-electron chi connectivity index (χ4n) is 3.35. The zero-order chi connectivity index (χ0) is 13.6. The number of aliphatic hydroxyl groups is 1. The monoisotopic (exact) mass is 280 g/mol. The van der Waals surface area contributed by atoms with Gasteiger partial charge in [0, 0.05) is 13.1 Å². The highest BCUT2D eigenvalue weighted by atomic mass is 32.1. The lowest BCUT2D eigenvalue weighted by Crippen LogP contribution is -2.24. The van der Waals surface area contributed by atoms with Crippen LogP contribution in [0.3, 0.4) is 0 Å². The first-order valence-corrected chi connectivity index (χ1v) is 8.23. The van der Waals surface area contributed by atoms with Gasteiger partial charge in [0.2, 0.25) is 0 Å². The summed E-state index contributed by atoms with van der Waals surface area (Å²) in [5, 5.41) is 11.4. The van der Waals surface area contributed by atoms with Gasteiger partial charge in [-0.3, -0.25) is 0 Å². The van der Waals surface area contributed by atoms with Gasteiger partial charge in [-0.25, -0.2) is 4.98 Å². The molecule has 2 unspecified atom stereocenters. The number of thiazole rings is 1. The molecule has 4 heteroatoms. The van der Waals surface area contributed by atoms with Gasteiger partial charge in [0.05, 0.1) is 16.7 Å². The molecule has 1 N–H and O–H groups in total. The van der Waals surface area contributed by atoms with E-state index < -0.39 is 0 Å². The number of anilines is 1. The molecular weight excluding hydrogens is 256 g/mol. The second-order valence-corrected chi connectivity index (χ2v) is 7.89. The van der Waals surface area contributed by atoms with Crippen LogP contribution in [-0.4, -0.2) is 23.2 Å². The Kier molecular flexibility index (Phi) is 3.34. The van der Waals surface area contributed by atoms with Gasteiger partial charge in [0.1, 0.15) is 0 Å². The van der Waals surface area contributed by atoms with Crippen molar-refractivity contribution >= 4 is 16.5 Å². The van der Waals surface area contributed by atoms with Gasteiger partial charge < -0.3 is 10.0 Å². The van der Waals surface area contributed by atoms with Gasteiger partial charge in [-0.1, -0.05) is 38.5 Å². The number of aliphatic hydroxyl groups excluding tert-OH is 1. The Morgan fingerprint density at radius 1 is 1.47 bits per heavy atom. The number of hydrogen-bond acceptors (Lipinski definition) is 4. The summed E-state index contributed by atoms with van der Waals surface area (Å²) in [6.45, 7) is 8.99. The van der Waals surface area contributed by atoms with Crippen LogP contribution in [0.2, 0.25) is 0 Å². The smallest absolute Gasteiger partial charge is 0.185 e. The highest BCUT2D eigenvalue weighted by molar-refractivity contribution is 7.15. The summed E-state index contributed by atoms with van der Waals surface area (Å²) >= 11 is 1.72. The topological polar surface area (TPSA) is 36.4 Å². The van der Waals surface area contributed by atoms with Gasteiger partial charge in [-0.05, 0) is 30.6 Å². The van der Waals surface area contributed by atoms with E-state index >= 15 is 0 Å². The van der Waals surface area contributed by atoms with Crippen molar-refractivity contribution in [1.82, 2.24) is 4.98 Å². The maximum absolute atomic E-state index is 10.3. The first kappa shape index (κ1) is 13.4. The molecule has 19 heavy (non-hydrogen) atoms. The molecule has 1 fully saturated rings. The van der Waals surface area contributed by atoms with Crippen LogP contribution >= 0.6 is 11.3 Å². The number of rotatable bonds is 2. The molecule has 0 aromatic carbocycles. The molecule has 2 heterocycles. The van der Waals surface area contributed by atoms with Crippen molar-refractivity contribution in [2.45, 2.75) is 52.6 Å². The second kappa shape index (κ2) is 4.74. The Bertz CT molecular complexity index is 469. The highest BCUT2D eigenvalue weighted by Gasteiger charge is 2.35. The molecule has 3 nitrogen and oxygen atoms in total. The molecule has 1 saturated heterocycles. The molecule has 2 atom stereocenters. The lowest BCUT2D eigenvalue weighted by Gasteiger charge is -2.31. The molecule has 2 aliphatic rings. The van der Waals surface area contributed by atoms with E-state index in [-0.39, 0.29) is 11.5 Å². The maximum Gasteiger partial charge on any atom is 0.185 e. The Labute approximate surface area is 119 Å². The van der Waals surface area contributed by atoms with Crippen molar-refractivity contribution in [2.75, 3.05) is 18.0 Å². The molecule has 0 saturated carbocycles. The summed E-state index contributed by atoms with van der Waals surface area (Å²) in [6.07, 6.45) is 4.10. The van der Waals surface area contributed by atoms with Crippen LogP contribution in [0, 0.1) is 11.3 Å². The van der Waals surface area contributed by atoms with E-state index in [1.54, 1.807) is 11.3 Å². The standard InChI is InChI=1S/C15H24N2OS/c1-4-10-5-6-17(9-10)14-16-11-7-15(2,3)8-12(18)13(11)19-14/h10,12,18H,4-9H2,1-3H3. The highest BCUT2D eigenvalue weighted by Crippen LogP contribution is 2.45. The number of fused-ring (bicyclic) bond motifs is 1. The van der Waals surface area contributed by atoms with Crippen molar-refractivity contribution in [3.8, 4) is 0 Å². The van der Waals surface area contributed by atoms with Gasteiger partial charge in [-0.2, -0.15) is 0 Å². The van der Waals surface area contributed by atoms with Crippen LogP contribution in [0.5, 0.6) is 0 Å². The number of nitrogens with zero attached hydrogens (tertiary/aromatic N) is 2. The fraction of sp³-hybridized carbons (Fsp3) is 0.800. The van der Waals surface area contributed by atoms with Gasteiger partial charge in [-0.15, -0.1) is 0 Å². The van der Waals surface area contributed by atoms with Crippen LogP contribution in [0.25, 0.3) is 0 Å². The first-order chi connectivity index (χ1) is 8.98. The molecule has 1 aliphatic heterocycles. The lowest BCUT2D eigenvalue weighted by atomic mass is 9.77. The van der Waals surface area contributed by atoms with Crippen LogP contribution in [0.4, 0.5) is 5.13 Å². The molecule has 1 aliphatic carbocycles. The quantitative estimate of drug-likeness (QED) is 0.902. The SMILES string of the molecule is CCC1CCN(c2nc3c(s2)C(O)CC(C)(C)C3)C1. The van der Waals surface area contributed by atoms with E-state index in [4.69, 9.17) is 4.98 Å². The van der Waals surface area contributed by atoms with E-state index in [0.29, 0.717) is 0 Å². The predicted octanol–water partition coefficient (Wildman–Crippen LogP) is 3.39. The number of aromatic nitrogens is 1. The van der Waals surface area contributed by atoms with E-state index in [1.807, 2.05) is 0 Å². The molecule has 1 aromatic heterocycles. The summed E-state index contributed by atoms with van der Waals surface area (Å²) in [4.78, 5) is 8.37. The largest absolute Gasteiger partial charge is 0.387 e. The Hall–Kier alpha value is -0.610. The minimum Gasteiger partial charge on any atom is -0.387 e. The second-order valence-electron chi connectivity index (χ2n) is 6.88. The van der Waals surface area contributed by atoms with Crippen molar-refractivity contribution in [2.24, 2.45) is 11.3 Å². The average molecular weight is 280 g/mol. The Balaban J connectivity index is 1.83. The first-order valence-electron chi connectivity index (χ1n) is 7.41. The lowest BCUT2D eigenvalue weighted by molar-refractivity contribution is 0.102. The molecule has 0 bridgehead atoms. The molecule has 0 spiro atoms. The summed E-state index contributed by atoms with van der Waals surface area (Å²) in [7, 11) is 0. The zero-order valence-corrected chi connectivity index (χ0v) is 13.0. The van der Waals surface area contributed by atoms with Gasteiger partial charge >= 0.3 is 0 Å². The van der Waals surface area contributed by atoms with E-state index in [9.17, 15) is 5.11 Å². The number of hydrogen-bond donors (Lipinski definition) is 1. The normalized spacial score (nSPS) is 29.6. The van der Waals surface area contributed by atoms with Crippen LogP contribution in [0.1, 0.15) is 56.7 Å². The molecule has 0 radical (unpaired) electrons. The third-order valence-corrected chi connectivity index (χ3v) is 5.80. The molecule has 106 valence electrons. The van der Waals surface area contributed by atoms with Crippen molar-refractivity contribution in [1.29, 1.82) is 0 Å². The van der Waals surface area contributed by atoms with E-state index in [2.05, 4.69) is 25.7 Å². The van der Waals surface area contributed by atoms with Crippen molar-refractivity contribution in [3.63, 3.8) is 0 Å². The predicted molar refractivity (Wildman–Crippen MR) is 79.8 cm³/mol. The Morgan fingerprint density at radius 3 is 2.95 bits per heavy atom. The fourth-order valence-corrected chi connectivity index (χ4v) is 4.46. The third kappa shape index (κ3) is 2.52. The third-order valence-electron chi connectivity index (χ3n) is 4.54. The van der Waals surface area contributed by atoms with Crippen molar-refractivity contribution < 1.29 is 5.11 Å². The molecular formula is C15H24N2OS. The van der Waals surface area contributed by atoms with Gasteiger partial charge in [0.25, 0.3) is 0 Å². The van der Waals surface area contributed by atoms with Crippen LogP contribution < -0.4 is 4.90 Å². The van der Waals surface area contributed by atoms with Crippen LogP contribution in [-0.2, 0) is 6.42 Å². The minimum absolute atomic E-state index is 0.175. The minimum atomic E-state index is -0.311. The summed E-state index contributed by atoms with van der Waals surface area (Å²) < 4.78 is 0. The molecule has 3 rings (SSSR count). The Morgan fingerprint density at radius 2 is 2.26 bits per heavy atom. The van der Waals surface area contributed by atoms with Gasteiger partial charge in [0.15, 0.2) is 5.13 Å². The summed E-state index contributed by atoms with van der Waals surface area (Å²) in [5.41, 5.74) is 1.32. The maximum atomic E-state index is 10.3.